The Morgan fingerprint density at radius 1 is 1.80 bits per heavy atom. The first-order valence-corrected chi connectivity index (χ1v) is 2.49. The summed E-state index contributed by atoms with van der Waals surface area (Å²) in [4.78, 5) is 7.56. The van der Waals surface area contributed by atoms with Gasteiger partial charge in [-0.05, 0) is 4.57 Å². The van der Waals surface area contributed by atoms with Crippen molar-refractivity contribution in [2.24, 2.45) is 0 Å². The Kier molecular flexibility index (Phi) is 7.85. The molecule has 0 saturated heterocycles. The van der Waals surface area contributed by atoms with E-state index in [4.69, 9.17) is 9.46 Å². The van der Waals surface area contributed by atoms with Crippen molar-refractivity contribution in [1.82, 2.24) is 0 Å². The first-order chi connectivity index (χ1) is 1.73. The number of rotatable bonds is 0. The molecule has 1 unspecified atom stereocenters. The Hall–Kier alpha value is 0.350. The van der Waals surface area contributed by atoms with Gasteiger partial charge in [0.15, 0.2) is 6.66 Å². The fourth-order valence-electron chi connectivity index (χ4n) is 0. The van der Waals surface area contributed by atoms with Gasteiger partial charge in [-0.1, -0.05) is 0 Å². The van der Waals surface area contributed by atoms with Crippen LogP contribution in [0.1, 0.15) is 0 Å². The van der Waals surface area contributed by atoms with E-state index in [0.717, 1.165) is 0 Å². The average Bonchev–Trinajstić information content (AvgIpc) is 0.811. The Labute approximate surface area is 37.5 Å². The minimum absolute atomic E-state index is 0. The van der Waals surface area contributed by atoms with E-state index >= 15 is 0 Å². The van der Waals surface area contributed by atoms with E-state index < -0.39 is 8.03 Å². The molecule has 0 aromatic carbocycles. The first-order valence-electron chi connectivity index (χ1n) is 0.830. The zero-order chi connectivity index (χ0) is 3.58. The molecule has 0 radical (unpaired) electrons. The van der Waals surface area contributed by atoms with Crippen molar-refractivity contribution in [2.45, 2.75) is 0 Å². The molecule has 0 heterocycles. The molecule has 0 fully saturated rings. The van der Waals surface area contributed by atoms with E-state index in [2.05, 4.69) is 0 Å². The molecule has 0 bridgehead atoms. The molecule has 0 aliphatic carbocycles. The van der Waals surface area contributed by atoms with Gasteiger partial charge < -0.3 is 0 Å². The Balaban J connectivity index is 0. The molecule has 4 heteroatoms. The van der Waals surface area contributed by atoms with Crippen molar-refractivity contribution >= 4 is 20.4 Å². The molecule has 0 aliphatic heterocycles. The summed E-state index contributed by atoms with van der Waals surface area (Å²) >= 11 is 0. The third kappa shape index (κ3) is 196. The normalized spacial score (nSPS) is 8.80. The number of halogens is 1. The van der Waals surface area contributed by atoms with Crippen LogP contribution >= 0.6 is 20.4 Å². The lowest BCUT2D eigenvalue weighted by atomic mass is 12.0. The van der Waals surface area contributed by atoms with Crippen molar-refractivity contribution in [3.63, 3.8) is 0 Å². The standard InChI is InChI=1S/CH3O2P.ClH/c1-4(2)3;/h1H3;1H/p+1. The van der Waals surface area contributed by atoms with Gasteiger partial charge in [0.2, 0.25) is 0 Å². The predicted octanol–water partition coefficient (Wildman–Crippen LogP) is 0.773. The molecule has 0 aliphatic rings. The smallest absolute Gasteiger partial charge is 0.161 e. The van der Waals surface area contributed by atoms with Crippen LogP contribution in [-0.4, -0.2) is 11.6 Å². The van der Waals surface area contributed by atoms with Crippen molar-refractivity contribution in [2.75, 3.05) is 6.66 Å². The SMILES string of the molecule is C[P+](=O)O.Cl. The molecular formula is CH5ClO2P+. The van der Waals surface area contributed by atoms with Gasteiger partial charge in [-0.3, -0.25) is 0 Å². The average molecular weight is 115 g/mol. The second kappa shape index (κ2) is 4.35. The molecule has 0 aromatic heterocycles. The summed E-state index contributed by atoms with van der Waals surface area (Å²) in [5, 5.41) is 0. The predicted molar refractivity (Wildman–Crippen MR) is 23.0 cm³/mol. The van der Waals surface area contributed by atoms with Gasteiger partial charge in [0.25, 0.3) is 0 Å². The van der Waals surface area contributed by atoms with Crippen molar-refractivity contribution in [3.8, 4) is 0 Å². The third-order valence-electron chi connectivity index (χ3n) is 0. The van der Waals surface area contributed by atoms with Crippen LogP contribution in [0.25, 0.3) is 0 Å². The van der Waals surface area contributed by atoms with Gasteiger partial charge in [0.1, 0.15) is 0 Å². The molecule has 32 valence electrons. The van der Waals surface area contributed by atoms with Crippen LogP contribution in [0.2, 0.25) is 0 Å². The van der Waals surface area contributed by atoms with Gasteiger partial charge in [-0.25, -0.2) is 0 Å². The monoisotopic (exact) mass is 115 g/mol. The molecule has 0 spiro atoms. The summed E-state index contributed by atoms with van der Waals surface area (Å²) < 4.78 is 9.15. The van der Waals surface area contributed by atoms with E-state index in [-0.39, 0.29) is 12.4 Å². The molecule has 2 nitrogen and oxygen atoms in total. The maximum Gasteiger partial charge on any atom is 0.502 e. The third-order valence-corrected chi connectivity index (χ3v) is 0. The van der Waals surface area contributed by atoms with Crippen molar-refractivity contribution < 1.29 is 9.46 Å². The zero-order valence-electron chi connectivity index (χ0n) is 2.71. The summed E-state index contributed by atoms with van der Waals surface area (Å²) in [6.07, 6.45) is 0. The van der Waals surface area contributed by atoms with Gasteiger partial charge >= 0.3 is 8.03 Å². The fourth-order valence-corrected chi connectivity index (χ4v) is 0. The number of hydrogen-bond donors (Lipinski definition) is 1. The number of hydrogen-bond acceptors (Lipinski definition) is 1. The van der Waals surface area contributed by atoms with Crippen molar-refractivity contribution in [1.29, 1.82) is 0 Å². The van der Waals surface area contributed by atoms with E-state index in [1.54, 1.807) is 0 Å². The highest BCUT2D eigenvalue weighted by molar-refractivity contribution is 7.36. The lowest BCUT2D eigenvalue weighted by molar-refractivity contribution is 0.509. The van der Waals surface area contributed by atoms with Crippen LogP contribution in [-0.2, 0) is 4.57 Å². The zero-order valence-corrected chi connectivity index (χ0v) is 4.42. The lowest BCUT2D eigenvalue weighted by Crippen LogP contribution is -1.35. The second-order valence-corrected chi connectivity index (χ2v) is 1.39. The lowest BCUT2D eigenvalue weighted by Gasteiger charge is -1.36. The van der Waals surface area contributed by atoms with E-state index in [1.165, 1.54) is 6.66 Å². The van der Waals surface area contributed by atoms with Gasteiger partial charge in [-0.2, -0.15) is 4.89 Å². The second-order valence-electron chi connectivity index (χ2n) is 0.464. The van der Waals surface area contributed by atoms with Crippen LogP contribution in [0.3, 0.4) is 0 Å². The molecular weight excluding hydrogens is 110 g/mol. The van der Waals surface area contributed by atoms with Gasteiger partial charge in [0.05, 0.1) is 0 Å². The van der Waals surface area contributed by atoms with Crippen LogP contribution in [0.5, 0.6) is 0 Å². The molecule has 0 saturated carbocycles. The van der Waals surface area contributed by atoms with E-state index in [1.807, 2.05) is 0 Å². The molecule has 1 N–H and O–H groups in total. The Morgan fingerprint density at radius 3 is 1.80 bits per heavy atom. The van der Waals surface area contributed by atoms with Crippen LogP contribution in [0, 0.1) is 0 Å². The first kappa shape index (κ1) is 9.02. The van der Waals surface area contributed by atoms with E-state index in [9.17, 15) is 0 Å². The highest BCUT2D eigenvalue weighted by Crippen LogP contribution is 1.99. The van der Waals surface area contributed by atoms with Gasteiger partial charge in [-0.15, -0.1) is 12.4 Å². The summed E-state index contributed by atoms with van der Waals surface area (Å²) in [7, 11) is -1.87. The maximum atomic E-state index is 9.15. The molecule has 0 rings (SSSR count). The molecule has 5 heavy (non-hydrogen) atoms. The summed E-state index contributed by atoms with van der Waals surface area (Å²) in [5.41, 5.74) is 0. The van der Waals surface area contributed by atoms with Crippen LogP contribution < -0.4 is 0 Å². The van der Waals surface area contributed by atoms with E-state index in [0.29, 0.717) is 0 Å². The molecule has 0 amide bonds. The Bertz CT molecular complexity index is 32.6. The van der Waals surface area contributed by atoms with Crippen LogP contribution in [0.15, 0.2) is 0 Å². The summed E-state index contributed by atoms with van der Waals surface area (Å²) in [6, 6.07) is 0. The van der Waals surface area contributed by atoms with Crippen LogP contribution in [0.4, 0.5) is 0 Å². The summed E-state index contributed by atoms with van der Waals surface area (Å²) in [5.74, 6) is 0. The molecule has 0 aromatic rings. The summed E-state index contributed by atoms with van der Waals surface area (Å²) in [6.45, 7) is 1.23. The largest absolute Gasteiger partial charge is 0.502 e. The molecule has 1 atom stereocenters. The quantitative estimate of drug-likeness (QED) is 0.474. The van der Waals surface area contributed by atoms with Gasteiger partial charge in [0, 0.05) is 0 Å². The minimum Gasteiger partial charge on any atom is -0.161 e. The highest BCUT2D eigenvalue weighted by atomic mass is 35.5. The maximum absolute atomic E-state index is 9.15. The fraction of sp³-hybridized carbons (Fsp3) is 1.00. The minimum atomic E-state index is -1.87. The highest BCUT2D eigenvalue weighted by Gasteiger charge is 1.86. The van der Waals surface area contributed by atoms with Crippen molar-refractivity contribution in [3.05, 3.63) is 0 Å². The topological polar surface area (TPSA) is 37.3 Å². The Morgan fingerprint density at radius 2 is 1.80 bits per heavy atom.